The number of aromatic hydroxyl groups is 2. The van der Waals surface area contributed by atoms with Crippen molar-refractivity contribution in [3.63, 3.8) is 0 Å². The molecule has 6 rings (SSSR count). The molecule has 0 aliphatic carbocycles. The normalized spacial score (nSPS) is 17.0. The van der Waals surface area contributed by atoms with Gasteiger partial charge in [-0.05, 0) is 119 Å². The smallest absolute Gasteiger partial charge is 0.412 e. The molecule has 0 fully saturated rings. The van der Waals surface area contributed by atoms with E-state index in [4.69, 9.17) is 10.5 Å². The van der Waals surface area contributed by atoms with Gasteiger partial charge in [0.2, 0.25) is 0 Å². The molecule has 0 bridgehead atoms. The molecule has 2 aliphatic heterocycles. The molecule has 0 spiro atoms. The molecule has 12 nitrogen and oxygen atoms in total. The van der Waals surface area contributed by atoms with E-state index in [-0.39, 0.29) is 38.2 Å². The van der Waals surface area contributed by atoms with Crippen LogP contribution >= 0.6 is 0 Å². The fourth-order valence-electron chi connectivity index (χ4n) is 9.17. The number of carbonyl (C=O) groups excluding carboxylic acids is 1. The maximum absolute atomic E-state index is 13.7. The highest BCUT2D eigenvalue weighted by Crippen LogP contribution is 2.47. The first-order chi connectivity index (χ1) is 30.7. The van der Waals surface area contributed by atoms with Crippen LogP contribution in [0.1, 0.15) is 126 Å². The summed E-state index contributed by atoms with van der Waals surface area (Å²) in [7, 11) is -7.17. The summed E-state index contributed by atoms with van der Waals surface area (Å²) in [5, 5.41) is 22.9. The molecule has 0 unspecified atom stereocenters. The summed E-state index contributed by atoms with van der Waals surface area (Å²) in [6.07, 6.45) is 10.8. The van der Waals surface area contributed by atoms with E-state index in [0.717, 1.165) is 88.4 Å². The van der Waals surface area contributed by atoms with Crippen molar-refractivity contribution in [1.29, 1.82) is 0 Å². The van der Waals surface area contributed by atoms with Gasteiger partial charge < -0.3 is 30.5 Å². The van der Waals surface area contributed by atoms with Gasteiger partial charge in [0.1, 0.15) is 17.1 Å². The molecule has 0 saturated carbocycles. The van der Waals surface area contributed by atoms with E-state index in [9.17, 15) is 31.8 Å². The predicted molar refractivity (Wildman–Crippen MR) is 264 cm³/mol. The summed E-state index contributed by atoms with van der Waals surface area (Å²) in [6.45, 7) is 15.1. The number of sulfone groups is 2. The molecular weight excluding hydrogens is 861 g/mol. The van der Waals surface area contributed by atoms with Gasteiger partial charge in [0.25, 0.3) is 0 Å². The van der Waals surface area contributed by atoms with E-state index in [1.54, 1.807) is 30.3 Å². The number of unbranched alkanes of at least 4 members (excludes halogenated alkanes) is 4. The predicted octanol–water partition coefficient (Wildman–Crippen LogP) is 12.3. The zero-order chi connectivity index (χ0) is 47.6. The van der Waals surface area contributed by atoms with Gasteiger partial charge in [0.05, 0.1) is 32.7 Å². The standard InChI is InChI=1S/C28H40N2O5S.C23H32N2O3S/c1-6-8-16-28(17-9-7-2)19-30(24-15-14-23(31)18-25(24)36(33,34)20-28)22-12-10-21(11-13-22)29-26(32)35-27(3,4)5;1-3-5-13-23(14-6-4-2)16-25(19-9-7-18(24)8-10-19)21-12-11-20(26)15-22(21)29(27,28)17-23/h10-15,18,31H,6-9,16-17,19-20H2,1-5H3,(H,29,32);7-12,15,26H,3-6,13-14,16-17,24H2,1-2H3. The summed E-state index contributed by atoms with van der Waals surface area (Å²) in [4.78, 5) is 16.7. The Morgan fingerprint density at radius 3 is 1.35 bits per heavy atom. The van der Waals surface area contributed by atoms with Crippen LogP contribution in [0.4, 0.5) is 38.9 Å². The van der Waals surface area contributed by atoms with Gasteiger partial charge in [-0.2, -0.15) is 0 Å². The number of anilines is 6. The molecule has 4 aromatic rings. The fourth-order valence-corrected chi connectivity index (χ4v) is 13.4. The second-order valence-corrected chi connectivity index (χ2v) is 23.1. The van der Waals surface area contributed by atoms with Crippen molar-refractivity contribution < 1.29 is 36.6 Å². The molecule has 0 aromatic heterocycles. The van der Waals surface area contributed by atoms with Gasteiger partial charge >= 0.3 is 6.09 Å². The summed E-state index contributed by atoms with van der Waals surface area (Å²) in [5.41, 5.74) is 8.73. The van der Waals surface area contributed by atoms with Gasteiger partial charge in [0, 0.05) is 58.8 Å². The maximum Gasteiger partial charge on any atom is 0.412 e. The van der Waals surface area contributed by atoms with E-state index in [2.05, 4.69) is 42.8 Å². The van der Waals surface area contributed by atoms with Crippen molar-refractivity contribution in [3.05, 3.63) is 84.9 Å². The van der Waals surface area contributed by atoms with Crippen LogP contribution in [0.25, 0.3) is 0 Å². The summed E-state index contributed by atoms with van der Waals surface area (Å²) in [5.74, 6) is 0.0793. The Balaban J connectivity index is 0.000000250. The Hall–Kier alpha value is -4.95. The molecule has 2 heterocycles. The number of rotatable bonds is 15. The minimum absolute atomic E-state index is 0.0285. The van der Waals surface area contributed by atoms with E-state index in [1.165, 1.54) is 18.2 Å². The third kappa shape index (κ3) is 13.3. The van der Waals surface area contributed by atoms with Crippen LogP contribution in [0, 0.1) is 10.8 Å². The van der Waals surface area contributed by atoms with Gasteiger partial charge in [-0.25, -0.2) is 21.6 Å². The number of benzene rings is 4. The molecule has 2 aliphatic rings. The average Bonchev–Trinajstić information content (AvgIpc) is 3.40. The molecule has 356 valence electrons. The zero-order valence-corrected chi connectivity index (χ0v) is 41.2. The Morgan fingerprint density at radius 1 is 0.631 bits per heavy atom. The second kappa shape index (κ2) is 21.6. The SMILES string of the molecule is CCCCC1(CCCC)CN(c2ccc(N)cc2)c2ccc(O)cc2S(=O)(=O)C1.CCCCC1(CCCC)CN(c2ccc(NC(=O)OC(C)(C)C)cc2)c2ccc(O)cc2S(=O)(=O)C1. The quantitative estimate of drug-likeness (QED) is 0.0833. The lowest BCUT2D eigenvalue weighted by Gasteiger charge is -2.37. The number of phenolic OH excluding ortho intramolecular Hbond substituents is 2. The molecule has 0 radical (unpaired) electrons. The Labute approximate surface area is 388 Å². The van der Waals surface area contributed by atoms with Gasteiger partial charge in [-0.15, -0.1) is 0 Å². The summed E-state index contributed by atoms with van der Waals surface area (Å²) < 4.78 is 59.6. The minimum Gasteiger partial charge on any atom is -0.508 e. The third-order valence-electron chi connectivity index (χ3n) is 12.4. The van der Waals surface area contributed by atoms with E-state index >= 15 is 0 Å². The highest BCUT2D eigenvalue weighted by Gasteiger charge is 2.43. The molecule has 65 heavy (non-hydrogen) atoms. The largest absolute Gasteiger partial charge is 0.508 e. The number of nitrogens with one attached hydrogen (secondary N) is 1. The van der Waals surface area contributed by atoms with Crippen molar-refractivity contribution in [1.82, 2.24) is 0 Å². The highest BCUT2D eigenvalue weighted by atomic mass is 32.2. The van der Waals surface area contributed by atoms with Crippen molar-refractivity contribution in [2.75, 3.05) is 45.4 Å². The van der Waals surface area contributed by atoms with Gasteiger partial charge in [0.15, 0.2) is 19.7 Å². The first kappa shape index (κ1) is 51.0. The number of carbonyl (C=O) groups is 1. The molecule has 4 aromatic carbocycles. The lowest BCUT2D eigenvalue weighted by atomic mass is 9.79. The third-order valence-corrected chi connectivity index (χ3v) is 16.4. The number of nitrogens with two attached hydrogens (primary N) is 1. The van der Waals surface area contributed by atoms with Crippen LogP contribution in [0.5, 0.6) is 11.5 Å². The second-order valence-electron chi connectivity index (χ2n) is 19.2. The zero-order valence-electron chi connectivity index (χ0n) is 39.5. The van der Waals surface area contributed by atoms with Crippen LogP contribution in [0.15, 0.2) is 94.7 Å². The molecule has 0 saturated heterocycles. The van der Waals surface area contributed by atoms with Crippen molar-refractivity contribution in [2.24, 2.45) is 10.8 Å². The summed E-state index contributed by atoms with van der Waals surface area (Å²) >= 11 is 0. The molecule has 1 amide bonds. The van der Waals surface area contributed by atoms with Crippen LogP contribution in [0.2, 0.25) is 0 Å². The average molecular weight is 933 g/mol. The number of hydrogen-bond donors (Lipinski definition) is 4. The van der Waals surface area contributed by atoms with Crippen LogP contribution in [-0.2, 0) is 24.4 Å². The highest BCUT2D eigenvalue weighted by molar-refractivity contribution is 7.92. The lowest BCUT2D eigenvalue weighted by molar-refractivity contribution is 0.0636. The number of hydrogen-bond acceptors (Lipinski definition) is 11. The Bertz CT molecular complexity index is 2420. The number of amides is 1. The lowest BCUT2D eigenvalue weighted by Crippen LogP contribution is -2.38. The van der Waals surface area contributed by atoms with Crippen molar-refractivity contribution in [3.8, 4) is 11.5 Å². The number of ether oxygens (including phenoxy) is 1. The molecular formula is C51H72N4O8S2. The van der Waals surface area contributed by atoms with E-state index < -0.39 is 36.8 Å². The molecule has 0 atom stereocenters. The molecule has 14 heteroatoms. The van der Waals surface area contributed by atoms with Crippen molar-refractivity contribution >= 4 is 59.9 Å². The topological polar surface area (TPSA) is 180 Å². The minimum atomic E-state index is -3.63. The Kier molecular flexibility index (Phi) is 16.9. The first-order valence-corrected chi connectivity index (χ1v) is 26.6. The van der Waals surface area contributed by atoms with Gasteiger partial charge in [-0.1, -0.05) is 79.1 Å². The van der Waals surface area contributed by atoms with E-state index in [1.807, 2.05) is 57.2 Å². The van der Waals surface area contributed by atoms with Crippen LogP contribution in [-0.4, -0.2) is 63.3 Å². The number of nitrogens with zero attached hydrogens (tertiary/aromatic N) is 2. The van der Waals surface area contributed by atoms with Crippen molar-refractivity contribution in [2.45, 2.75) is 141 Å². The number of phenols is 2. The Morgan fingerprint density at radius 2 is 1.00 bits per heavy atom. The first-order valence-electron chi connectivity index (χ1n) is 23.3. The van der Waals surface area contributed by atoms with Crippen LogP contribution in [0.3, 0.4) is 0 Å². The van der Waals surface area contributed by atoms with Crippen LogP contribution < -0.4 is 20.9 Å². The number of nitrogen functional groups attached to an aromatic ring is 1. The molecule has 5 N–H and O–H groups in total. The number of fused-ring (bicyclic) bond motifs is 2. The fraction of sp³-hybridized carbons (Fsp3) is 0.510. The van der Waals surface area contributed by atoms with E-state index in [0.29, 0.717) is 35.8 Å². The van der Waals surface area contributed by atoms with Gasteiger partial charge in [-0.3, -0.25) is 5.32 Å². The maximum atomic E-state index is 13.7. The monoisotopic (exact) mass is 932 g/mol. The summed E-state index contributed by atoms with van der Waals surface area (Å²) in [6, 6.07) is 24.2.